The van der Waals surface area contributed by atoms with E-state index >= 15 is 0 Å². The number of terminal acetylenes is 1. The van der Waals surface area contributed by atoms with Crippen molar-refractivity contribution in [1.29, 1.82) is 0 Å². The Morgan fingerprint density at radius 2 is 1.08 bits per heavy atom. The number of hydrogen-bond donors (Lipinski definition) is 0. The molecule has 0 saturated carbocycles. The first-order valence-electron chi connectivity index (χ1n) is 4.87. The van der Waals surface area contributed by atoms with Gasteiger partial charge in [-0.25, -0.2) is 0 Å². The minimum atomic E-state index is -2.26. The standard InChI is InChI=1S/3C3H7.C2H.Sn/c3*1-3-2;1-2;/h3*3H,1-2H3;1H;. The molecule has 0 amide bonds. The van der Waals surface area contributed by atoms with Gasteiger partial charge in [-0.2, -0.15) is 0 Å². The summed E-state index contributed by atoms with van der Waals surface area (Å²) >= 11 is -2.26. The van der Waals surface area contributed by atoms with Crippen molar-refractivity contribution in [3.05, 3.63) is 0 Å². The van der Waals surface area contributed by atoms with Crippen molar-refractivity contribution in [3.8, 4) is 10.4 Å². The maximum absolute atomic E-state index is 5.75. The zero-order chi connectivity index (χ0) is 9.94. The van der Waals surface area contributed by atoms with Crippen LogP contribution in [0, 0.1) is 10.4 Å². The molecule has 0 aromatic heterocycles. The van der Waals surface area contributed by atoms with Gasteiger partial charge in [-0.1, -0.05) is 0 Å². The normalized spacial score (nSPS) is 12.7. The summed E-state index contributed by atoms with van der Waals surface area (Å²) in [4.78, 5) is 0. The average Bonchev–Trinajstić information content (AvgIpc) is 1.86. The van der Waals surface area contributed by atoms with Crippen molar-refractivity contribution in [3.63, 3.8) is 0 Å². The van der Waals surface area contributed by atoms with Gasteiger partial charge in [0.25, 0.3) is 0 Å². The van der Waals surface area contributed by atoms with Gasteiger partial charge in [0.1, 0.15) is 0 Å². The van der Waals surface area contributed by atoms with Crippen LogP contribution < -0.4 is 0 Å². The fourth-order valence-electron chi connectivity index (χ4n) is 2.50. The maximum atomic E-state index is 5.75. The summed E-state index contributed by atoms with van der Waals surface area (Å²) in [5.41, 5.74) is 0. The molecule has 1 heteroatoms. The first kappa shape index (κ1) is 12.4. The summed E-state index contributed by atoms with van der Waals surface area (Å²) in [7, 11) is 0. The van der Waals surface area contributed by atoms with Crippen LogP contribution in [0.3, 0.4) is 0 Å². The van der Waals surface area contributed by atoms with E-state index in [1.165, 1.54) is 0 Å². The molecule has 0 saturated heterocycles. The summed E-state index contributed by atoms with van der Waals surface area (Å²) in [5.74, 6) is 0. The van der Waals surface area contributed by atoms with E-state index in [1.54, 1.807) is 0 Å². The molecule has 0 unspecified atom stereocenters. The van der Waals surface area contributed by atoms with Crippen LogP contribution in [-0.4, -0.2) is 18.4 Å². The molecule has 0 atom stereocenters. The van der Waals surface area contributed by atoms with Gasteiger partial charge >= 0.3 is 82.1 Å². The Hall–Kier alpha value is 0.359. The van der Waals surface area contributed by atoms with Crippen molar-refractivity contribution < 1.29 is 0 Å². The molecule has 12 heavy (non-hydrogen) atoms. The Labute approximate surface area is 82.0 Å². The average molecular weight is 273 g/mol. The monoisotopic (exact) mass is 274 g/mol. The molecule has 0 aromatic carbocycles. The third-order valence-corrected chi connectivity index (χ3v) is 20.9. The van der Waals surface area contributed by atoms with Gasteiger partial charge in [0.2, 0.25) is 0 Å². The second-order valence-electron chi connectivity index (χ2n) is 4.54. The molecule has 0 heterocycles. The third-order valence-electron chi connectivity index (χ3n) is 3.12. The SMILES string of the molecule is C#[C][Sn]([CH](C)C)([CH](C)C)[CH](C)C. The quantitative estimate of drug-likeness (QED) is 0.541. The second-order valence-corrected chi connectivity index (χ2v) is 20.6. The third kappa shape index (κ3) is 1.99. The van der Waals surface area contributed by atoms with Gasteiger partial charge in [0.05, 0.1) is 0 Å². The Kier molecular flexibility index (Phi) is 4.69. The van der Waals surface area contributed by atoms with Crippen LogP contribution in [-0.2, 0) is 0 Å². The molecule has 0 nitrogen and oxygen atoms in total. The van der Waals surface area contributed by atoms with Crippen molar-refractivity contribution in [2.45, 2.75) is 53.3 Å². The van der Waals surface area contributed by atoms with E-state index in [9.17, 15) is 0 Å². The van der Waals surface area contributed by atoms with Gasteiger partial charge in [-0.3, -0.25) is 0 Å². The molecule has 0 aliphatic carbocycles. The molecule has 70 valence electrons. The van der Waals surface area contributed by atoms with E-state index in [-0.39, 0.29) is 0 Å². The minimum absolute atomic E-state index is 0.768. The molecule has 0 fully saturated rings. The molecule has 0 spiro atoms. The fourth-order valence-corrected chi connectivity index (χ4v) is 16.8. The van der Waals surface area contributed by atoms with Crippen molar-refractivity contribution >= 4 is 18.4 Å². The van der Waals surface area contributed by atoms with Gasteiger partial charge in [-0.05, 0) is 0 Å². The van der Waals surface area contributed by atoms with E-state index in [1.807, 2.05) is 0 Å². The van der Waals surface area contributed by atoms with Crippen LogP contribution >= 0.6 is 0 Å². The Bertz CT molecular complexity index is 150. The number of rotatable bonds is 3. The van der Waals surface area contributed by atoms with Gasteiger partial charge < -0.3 is 0 Å². The van der Waals surface area contributed by atoms with E-state index in [2.05, 4.69) is 45.5 Å². The predicted molar refractivity (Wildman–Crippen MR) is 59.9 cm³/mol. The summed E-state index contributed by atoms with van der Waals surface area (Å²) in [6.07, 6.45) is 5.75. The zero-order valence-electron chi connectivity index (χ0n) is 9.31. The summed E-state index contributed by atoms with van der Waals surface area (Å²) < 4.78 is 5.53. The van der Waals surface area contributed by atoms with Crippen LogP contribution in [0.4, 0.5) is 0 Å². The molecule has 0 aromatic rings. The van der Waals surface area contributed by atoms with Gasteiger partial charge in [0, 0.05) is 0 Å². The van der Waals surface area contributed by atoms with Gasteiger partial charge in [-0.15, -0.1) is 0 Å². The molecular weight excluding hydrogens is 251 g/mol. The van der Waals surface area contributed by atoms with Crippen molar-refractivity contribution in [2.75, 3.05) is 0 Å². The molecule has 0 rings (SSSR count). The summed E-state index contributed by atoms with van der Waals surface area (Å²) in [6, 6.07) is 0. The zero-order valence-corrected chi connectivity index (χ0v) is 12.2. The van der Waals surface area contributed by atoms with E-state index in [0.29, 0.717) is 0 Å². The predicted octanol–water partition coefficient (Wildman–Crippen LogP) is 3.84. The van der Waals surface area contributed by atoms with Crippen LogP contribution in [0.2, 0.25) is 11.8 Å². The van der Waals surface area contributed by atoms with E-state index in [4.69, 9.17) is 6.42 Å². The van der Waals surface area contributed by atoms with Crippen molar-refractivity contribution in [1.82, 2.24) is 0 Å². The Balaban J connectivity index is 4.94. The van der Waals surface area contributed by atoms with E-state index in [0.717, 1.165) is 11.8 Å². The van der Waals surface area contributed by atoms with Gasteiger partial charge in [0.15, 0.2) is 0 Å². The molecule has 0 bridgehead atoms. The summed E-state index contributed by atoms with van der Waals surface area (Å²) in [6.45, 7) is 13.9. The fraction of sp³-hybridized carbons (Fsp3) is 0.818. The molecule has 0 aliphatic heterocycles. The number of hydrogen-bond acceptors (Lipinski definition) is 0. The molecular formula is C11H22Sn. The topological polar surface area (TPSA) is 0 Å². The molecule has 0 aliphatic rings. The van der Waals surface area contributed by atoms with Crippen LogP contribution in [0.5, 0.6) is 0 Å². The molecule has 0 radical (unpaired) electrons. The molecule has 0 N–H and O–H groups in total. The summed E-state index contributed by atoms with van der Waals surface area (Å²) in [5, 5.41) is 0. The van der Waals surface area contributed by atoms with Crippen LogP contribution in [0.25, 0.3) is 0 Å². The first-order valence-corrected chi connectivity index (χ1v) is 11.2. The Morgan fingerprint density at radius 1 is 0.833 bits per heavy atom. The van der Waals surface area contributed by atoms with Crippen LogP contribution in [0.15, 0.2) is 0 Å². The van der Waals surface area contributed by atoms with Crippen molar-refractivity contribution in [2.24, 2.45) is 0 Å². The first-order chi connectivity index (χ1) is 5.39. The van der Waals surface area contributed by atoms with Crippen LogP contribution in [0.1, 0.15) is 41.5 Å². The van der Waals surface area contributed by atoms with E-state index < -0.39 is 18.4 Å². The second kappa shape index (κ2) is 4.55. The Morgan fingerprint density at radius 3 is 1.08 bits per heavy atom.